The number of fused-ring (bicyclic) bond motifs is 1. The van der Waals surface area contributed by atoms with Gasteiger partial charge in [-0.3, -0.25) is 0 Å². The third kappa shape index (κ3) is 3.93. The van der Waals surface area contributed by atoms with Crippen LogP contribution < -0.4 is 4.72 Å². The zero-order chi connectivity index (χ0) is 15.6. The van der Waals surface area contributed by atoms with Crippen LogP contribution in [0.3, 0.4) is 0 Å². The van der Waals surface area contributed by atoms with Crippen LogP contribution in [0.1, 0.15) is 17.8 Å². The van der Waals surface area contributed by atoms with Gasteiger partial charge in [0.25, 0.3) is 0 Å². The summed E-state index contributed by atoms with van der Waals surface area (Å²) < 4.78 is 39.9. The molecular formula is C13H17ClFN3O2S. The Morgan fingerprint density at radius 1 is 1.43 bits per heavy atom. The minimum Gasteiger partial charge on any atom is -0.327 e. The largest absolute Gasteiger partial charge is 0.327 e. The van der Waals surface area contributed by atoms with Gasteiger partial charge >= 0.3 is 0 Å². The number of rotatable bonds is 6. The molecule has 0 aliphatic rings. The van der Waals surface area contributed by atoms with E-state index in [1.807, 2.05) is 4.57 Å². The molecule has 1 aromatic carbocycles. The number of halogens is 2. The van der Waals surface area contributed by atoms with Gasteiger partial charge in [-0.2, -0.15) is 0 Å². The Kier molecular flexibility index (Phi) is 4.85. The van der Waals surface area contributed by atoms with E-state index in [1.54, 1.807) is 13.0 Å². The van der Waals surface area contributed by atoms with Crippen LogP contribution in [0.4, 0.5) is 4.39 Å². The summed E-state index contributed by atoms with van der Waals surface area (Å²) in [5.74, 6) is 0.567. The molecule has 2 aromatic rings. The molecule has 1 heterocycles. The fraction of sp³-hybridized carbons (Fsp3) is 0.462. The van der Waals surface area contributed by atoms with Crippen molar-refractivity contribution in [1.29, 1.82) is 0 Å². The van der Waals surface area contributed by atoms with E-state index in [4.69, 9.17) is 11.6 Å². The predicted molar refractivity (Wildman–Crippen MR) is 81.4 cm³/mol. The summed E-state index contributed by atoms with van der Waals surface area (Å²) in [6.45, 7) is 2.59. The molecule has 21 heavy (non-hydrogen) atoms. The number of sulfonamides is 1. The number of nitrogens with zero attached hydrogens (tertiary/aromatic N) is 2. The lowest BCUT2D eigenvalue weighted by atomic mass is 10.2. The summed E-state index contributed by atoms with van der Waals surface area (Å²) in [5.41, 5.74) is 1.91. The summed E-state index contributed by atoms with van der Waals surface area (Å²) in [6.07, 6.45) is 1.72. The normalized spacial score (nSPS) is 12.2. The van der Waals surface area contributed by atoms with Gasteiger partial charge in [-0.15, -0.1) is 11.6 Å². The lowest BCUT2D eigenvalue weighted by molar-refractivity contribution is 0.575. The van der Waals surface area contributed by atoms with Gasteiger partial charge in [0.05, 0.1) is 23.2 Å². The summed E-state index contributed by atoms with van der Waals surface area (Å²) in [5, 5.41) is 0. The standard InChI is InChI=1S/C13H17ClFN3O2S/c1-9-6-12-11(7-10(9)15)17-13(8-14)18(12)5-3-4-16-21(2,19)20/h6-7,16H,3-5,8H2,1-2H3. The van der Waals surface area contributed by atoms with E-state index in [-0.39, 0.29) is 11.7 Å². The SMILES string of the molecule is Cc1cc2c(cc1F)nc(CCl)n2CCCNS(C)(=O)=O. The number of hydrogen-bond acceptors (Lipinski definition) is 3. The quantitative estimate of drug-likeness (QED) is 0.651. The molecule has 0 saturated heterocycles. The molecule has 5 nitrogen and oxygen atoms in total. The Bertz CT molecular complexity index is 758. The minimum atomic E-state index is -3.19. The zero-order valence-electron chi connectivity index (χ0n) is 11.9. The first-order chi connectivity index (χ1) is 9.81. The third-order valence-electron chi connectivity index (χ3n) is 3.15. The van der Waals surface area contributed by atoms with Gasteiger partial charge in [0.2, 0.25) is 10.0 Å². The molecule has 2 rings (SSSR count). The van der Waals surface area contributed by atoms with Crippen LogP contribution in [0.2, 0.25) is 0 Å². The van der Waals surface area contributed by atoms with E-state index in [0.717, 1.165) is 11.8 Å². The lowest BCUT2D eigenvalue weighted by Crippen LogP contribution is -2.24. The van der Waals surface area contributed by atoms with Crippen LogP contribution in [0.25, 0.3) is 11.0 Å². The smallest absolute Gasteiger partial charge is 0.208 e. The van der Waals surface area contributed by atoms with Crippen LogP contribution in [0.5, 0.6) is 0 Å². The minimum absolute atomic E-state index is 0.217. The van der Waals surface area contributed by atoms with E-state index in [0.29, 0.717) is 36.4 Å². The highest BCUT2D eigenvalue weighted by Crippen LogP contribution is 2.21. The molecule has 0 unspecified atom stereocenters. The molecule has 0 atom stereocenters. The molecule has 0 spiro atoms. The molecular weight excluding hydrogens is 317 g/mol. The number of aryl methyl sites for hydroxylation is 2. The predicted octanol–water partition coefficient (Wildman–Crippen LogP) is 2.16. The Morgan fingerprint density at radius 2 is 2.14 bits per heavy atom. The van der Waals surface area contributed by atoms with Crippen molar-refractivity contribution in [1.82, 2.24) is 14.3 Å². The number of benzene rings is 1. The van der Waals surface area contributed by atoms with Crippen LogP contribution in [-0.4, -0.2) is 30.8 Å². The first-order valence-corrected chi connectivity index (χ1v) is 8.90. The van der Waals surface area contributed by atoms with Gasteiger partial charge < -0.3 is 4.57 Å². The molecule has 0 bridgehead atoms. The highest BCUT2D eigenvalue weighted by Gasteiger charge is 2.12. The van der Waals surface area contributed by atoms with Crippen molar-refractivity contribution in [3.05, 3.63) is 29.3 Å². The Balaban J connectivity index is 2.23. The topological polar surface area (TPSA) is 64.0 Å². The summed E-state index contributed by atoms with van der Waals surface area (Å²) in [4.78, 5) is 4.31. The Hall–Kier alpha value is -1.18. The number of hydrogen-bond donors (Lipinski definition) is 1. The fourth-order valence-corrected chi connectivity index (χ4v) is 2.87. The molecule has 1 N–H and O–H groups in total. The van der Waals surface area contributed by atoms with E-state index < -0.39 is 10.0 Å². The first-order valence-electron chi connectivity index (χ1n) is 6.47. The van der Waals surface area contributed by atoms with Crippen molar-refractivity contribution in [2.24, 2.45) is 0 Å². The fourth-order valence-electron chi connectivity index (χ4n) is 2.15. The Morgan fingerprint density at radius 3 is 2.76 bits per heavy atom. The maximum atomic E-state index is 13.6. The molecule has 0 aliphatic heterocycles. The molecule has 0 saturated carbocycles. The van der Waals surface area contributed by atoms with Crippen molar-refractivity contribution in [2.75, 3.05) is 12.8 Å². The van der Waals surface area contributed by atoms with Gasteiger partial charge in [0.15, 0.2) is 0 Å². The summed E-state index contributed by atoms with van der Waals surface area (Å²) in [7, 11) is -3.19. The van der Waals surface area contributed by atoms with E-state index in [9.17, 15) is 12.8 Å². The van der Waals surface area contributed by atoms with Crippen LogP contribution in [-0.2, 0) is 22.4 Å². The number of nitrogens with one attached hydrogen (secondary N) is 1. The Labute approximate surface area is 128 Å². The van der Waals surface area contributed by atoms with E-state index >= 15 is 0 Å². The average Bonchev–Trinajstić information content (AvgIpc) is 2.71. The van der Waals surface area contributed by atoms with E-state index in [1.165, 1.54) is 6.07 Å². The zero-order valence-corrected chi connectivity index (χ0v) is 13.4. The van der Waals surface area contributed by atoms with Crippen LogP contribution in [0.15, 0.2) is 12.1 Å². The van der Waals surface area contributed by atoms with Gasteiger partial charge in [-0.1, -0.05) is 0 Å². The second kappa shape index (κ2) is 6.29. The van der Waals surface area contributed by atoms with Crippen molar-refractivity contribution in [3.8, 4) is 0 Å². The summed E-state index contributed by atoms with van der Waals surface area (Å²) >= 11 is 5.88. The number of aromatic nitrogens is 2. The molecule has 0 radical (unpaired) electrons. The molecule has 0 fully saturated rings. The van der Waals surface area contributed by atoms with Crippen molar-refractivity contribution in [2.45, 2.75) is 25.8 Å². The highest BCUT2D eigenvalue weighted by molar-refractivity contribution is 7.88. The second-order valence-electron chi connectivity index (χ2n) is 4.92. The van der Waals surface area contributed by atoms with Crippen LogP contribution >= 0.6 is 11.6 Å². The number of imidazole rings is 1. The average molecular weight is 334 g/mol. The van der Waals surface area contributed by atoms with Gasteiger partial charge in [0, 0.05) is 19.2 Å². The van der Waals surface area contributed by atoms with Crippen LogP contribution in [0, 0.1) is 12.7 Å². The molecule has 1 aromatic heterocycles. The lowest BCUT2D eigenvalue weighted by Gasteiger charge is -2.08. The molecule has 0 aliphatic carbocycles. The number of alkyl halides is 1. The van der Waals surface area contributed by atoms with Gasteiger partial charge in [0.1, 0.15) is 11.6 Å². The van der Waals surface area contributed by atoms with E-state index in [2.05, 4.69) is 9.71 Å². The summed E-state index contributed by atoms with van der Waals surface area (Å²) in [6, 6.07) is 3.13. The highest BCUT2D eigenvalue weighted by atomic mass is 35.5. The maximum Gasteiger partial charge on any atom is 0.208 e. The monoisotopic (exact) mass is 333 g/mol. The van der Waals surface area contributed by atoms with Crippen molar-refractivity contribution >= 4 is 32.7 Å². The second-order valence-corrected chi connectivity index (χ2v) is 7.02. The van der Waals surface area contributed by atoms with Gasteiger partial charge in [-0.05, 0) is 25.0 Å². The van der Waals surface area contributed by atoms with Crippen molar-refractivity contribution in [3.63, 3.8) is 0 Å². The third-order valence-corrected chi connectivity index (χ3v) is 4.12. The molecule has 8 heteroatoms. The molecule has 0 amide bonds. The molecule has 116 valence electrons. The first kappa shape index (κ1) is 16.2. The maximum absolute atomic E-state index is 13.6. The van der Waals surface area contributed by atoms with Crippen molar-refractivity contribution < 1.29 is 12.8 Å². The van der Waals surface area contributed by atoms with Gasteiger partial charge in [-0.25, -0.2) is 22.5 Å².